The van der Waals surface area contributed by atoms with Crippen LogP contribution in [-0.2, 0) is 11.3 Å². The van der Waals surface area contributed by atoms with E-state index in [0.717, 1.165) is 12.1 Å². The summed E-state index contributed by atoms with van der Waals surface area (Å²) < 4.78 is 0. The number of nitrogens with one attached hydrogen (secondary N) is 1. The molecule has 0 saturated heterocycles. The fourth-order valence-corrected chi connectivity index (χ4v) is 2.11. The topological polar surface area (TPSA) is 69.6 Å². The Morgan fingerprint density at radius 1 is 1.29 bits per heavy atom. The highest BCUT2D eigenvalue weighted by Gasteiger charge is 2.21. The van der Waals surface area contributed by atoms with Gasteiger partial charge >= 0.3 is 5.97 Å². The molecule has 1 aromatic carbocycles. The van der Waals surface area contributed by atoms with Crippen LogP contribution >= 0.6 is 0 Å². The fraction of sp³-hybridized carbons (Fsp3) is 0.500. The Morgan fingerprint density at radius 2 is 1.95 bits per heavy atom. The van der Waals surface area contributed by atoms with Crippen LogP contribution in [0.3, 0.4) is 0 Å². The van der Waals surface area contributed by atoms with Crippen molar-refractivity contribution in [3.05, 3.63) is 35.4 Å². The van der Waals surface area contributed by atoms with E-state index in [2.05, 4.69) is 5.32 Å². The summed E-state index contributed by atoms with van der Waals surface area (Å²) in [6, 6.07) is 6.40. The smallest absolute Gasteiger partial charge is 0.326 e. The first kappa shape index (κ1) is 17.2. The largest absolute Gasteiger partial charge is 0.480 e. The van der Waals surface area contributed by atoms with Crippen LogP contribution < -0.4 is 5.32 Å². The van der Waals surface area contributed by atoms with Gasteiger partial charge in [-0.2, -0.15) is 0 Å². The number of carbonyl (C=O) groups is 2. The van der Waals surface area contributed by atoms with Gasteiger partial charge in [0.15, 0.2) is 0 Å². The molecule has 116 valence electrons. The molecule has 1 rings (SSSR count). The van der Waals surface area contributed by atoms with E-state index < -0.39 is 12.0 Å². The van der Waals surface area contributed by atoms with Gasteiger partial charge in [0, 0.05) is 12.1 Å². The van der Waals surface area contributed by atoms with Crippen molar-refractivity contribution in [3.63, 3.8) is 0 Å². The predicted octanol–water partition coefficient (Wildman–Crippen LogP) is 1.98. The Hall–Kier alpha value is -1.88. The second kappa shape index (κ2) is 7.78. The van der Waals surface area contributed by atoms with Crippen LogP contribution in [0.4, 0.5) is 0 Å². The molecule has 2 N–H and O–H groups in total. The molecule has 0 saturated carbocycles. The van der Waals surface area contributed by atoms with Gasteiger partial charge in [0.2, 0.25) is 0 Å². The van der Waals surface area contributed by atoms with Crippen molar-refractivity contribution < 1.29 is 14.7 Å². The van der Waals surface area contributed by atoms with Crippen molar-refractivity contribution in [2.75, 3.05) is 14.1 Å². The van der Waals surface area contributed by atoms with E-state index in [1.165, 1.54) is 0 Å². The zero-order valence-corrected chi connectivity index (χ0v) is 13.1. The van der Waals surface area contributed by atoms with Gasteiger partial charge in [0.05, 0.1) is 0 Å². The third-order valence-corrected chi connectivity index (χ3v) is 3.00. The highest BCUT2D eigenvalue weighted by atomic mass is 16.4. The summed E-state index contributed by atoms with van der Waals surface area (Å²) in [6.07, 6.45) is 0.415. The molecule has 1 amide bonds. The van der Waals surface area contributed by atoms with Crippen molar-refractivity contribution in [1.29, 1.82) is 0 Å². The maximum absolute atomic E-state index is 12.2. The molecular formula is C16H24N2O3. The Morgan fingerprint density at radius 3 is 2.48 bits per heavy atom. The molecule has 0 aliphatic rings. The first-order valence-electron chi connectivity index (χ1n) is 7.07. The molecule has 0 spiro atoms. The molecule has 21 heavy (non-hydrogen) atoms. The van der Waals surface area contributed by atoms with E-state index >= 15 is 0 Å². The first-order chi connectivity index (χ1) is 9.79. The first-order valence-corrected chi connectivity index (χ1v) is 7.07. The third kappa shape index (κ3) is 5.95. The molecule has 5 heteroatoms. The number of nitrogens with zero attached hydrogens (tertiary/aromatic N) is 1. The number of carboxylic acids is 1. The molecule has 0 aromatic heterocycles. The minimum atomic E-state index is -0.999. The number of hydrogen-bond acceptors (Lipinski definition) is 3. The highest BCUT2D eigenvalue weighted by Crippen LogP contribution is 2.09. The average Bonchev–Trinajstić information content (AvgIpc) is 2.36. The monoisotopic (exact) mass is 292 g/mol. The molecular weight excluding hydrogens is 268 g/mol. The molecule has 0 fully saturated rings. The SMILES string of the molecule is CC(C)C[C@@H](NC(=O)c1cccc(CN(C)C)c1)C(=O)O. The Labute approximate surface area is 126 Å². The summed E-state index contributed by atoms with van der Waals surface area (Å²) in [4.78, 5) is 25.4. The van der Waals surface area contributed by atoms with E-state index in [1.807, 2.05) is 45.0 Å². The predicted molar refractivity (Wildman–Crippen MR) is 82.2 cm³/mol. The third-order valence-electron chi connectivity index (χ3n) is 3.00. The zero-order chi connectivity index (χ0) is 16.0. The standard InChI is InChI=1S/C16H24N2O3/c1-11(2)8-14(16(20)21)17-15(19)13-7-5-6-12(9-13)10-18(3)4/h5-7,9,11,14H,8,10H2,1-4H3,(H,17,19)(H,20,21)/t14-/m1/s1. The van der Waals surface area contributed by atoms with Gasteiger partial charge in [0.1, 0.15) is 6.04 Å². The van der Waals surface area contributed by atoms with Gasteiger partial charge in [-0.05, 0) is 44.1 Å². The number of hydrogen-bond donors (Lipinski definition) is 2. The summed E-state index contributed by atoms with van der Waals surface area (Å²) in [7, 11) is 3.91. The summed E-state index contributed by atoms with van der Waals surface area (Å²) in [5, 5.41) is 11.8. The van der Waals surface area contributed by atoms with Gasteiger partial charge < -0.3 is 15.3 Å². The minimum absolute atomic E-state index is 0.200. The van der Waals surface area contributed by atoms with Crippen molar-refractivity contribution in [2.45, 2.75) is 32.9 Å². The lowest BCUT2D eigenvalue weighted by molar-refractivity contribution is -0.139. The lowest BCUT2D eigenvalue weighted by Gasteiger charge is -2.17. The molecule has 1 atom stereocenters. The second-order valence-corrected chi connectivity index (χ2v) is 5.93. The molecule has 0 heterocycles. The number of benzene rings is 1. The van der Waals surface area contributed by atoms with E-state index in [1.54, 1.807) is 12.1 Å². The van der Waals surface area contributed by atoms with E-state index in [-0.39, 0.29) is 11.8 Å². The van der Waals surface area contributed by atoms with Crippen molar-refractivity contribution >= 4 is 11.9 Å². The molecule has 0 bridgehead atoms. The van der Waals surface area contributed by atoms with Crippen LogP contribution in [0.5, 0.6) is 0 Å². The molecule has 5 nitrogen and oxygen atoms in total. The number of aliphatic carboxylic acids is 1. The zero-order valence-electron chi connectivity index (χ0n) is 13.1. The van der Waals surface area contributed by atoms with Crippen LogP contribution in [-0.4, -0.2) is 42.0 Å². The Balaban J connectivity index is 2.80. The quantitative estimate of drug-likeness (QED) is 0.806. The van der Waals surface area contributed by atoms with Gasteiger partial charge in [-0.3, -0.25) is 4.79 Å². The molecule has 0 radical (unpaired) electrons. The maximum atomic E-state index is 12.2. The lowest BCUT2D eigenvalue weighted by Crippen LogP contribution is -2.41. The van der Waals surface area contributed by atoms with Crippen molar-refractivity contribution in [1.82, 2.24) is 10.2 Å². The van der Waals surface area contributed by atoms with Gasteiger partial charge in [-0.1, -0.05) is 26.0 Å². The van der Waals surface area contributed by atoms with Crippen LogP contribution in [0.25, 0.3) is 0 Å². The van der Waals surface area contributed by atoms with E-state index in [0.29, 0.717) is 12.0 Å². The van der Waals surface area contributed by atoms with Crippen molar-refractivity contribution in [2.24, 2.45) is 5.92 Å². The van der Waals surface area contributed by atoms with Gasteiger partial charge in [-0.15, -0.1) is 0 Å². The highest BCUT2D eigenvalue weighted by molar-refractivity contribution is 5.96. The number of rotatable bonds is 7. The molecule has 0 aliphatic carbocycles. The second-order valence-electron chi connectivity index (χ2n) is 5.93. The normalized spacial score (nSPS) is 12.5. The number of amides is 1. The van der Waals surface area contributed by atoms with Gasteiger partial charge in [-0.25, -0.2) is 4.79 Å². The minimum Gasteiger partial charge on any atom is -0.480 e. The maximum Gasteiger partial charge on any atom is 0.326 e. The van der Waals surface area contributed by atoms with E-state index in [4.69, 9.17) is 0 Å². The lowest BCUT2D eigenvalue weighted by atomic mass is 10.0. The Bertz CT molecular complexity index is 498. The molecule has 0 unspecified atom stereocenters. The summed E-state index contributed by atoms with van der Waals surface area (Å²) in [5.74, 6) is -1.14. The van der Waals surface area contributed by atoms with E-state index in [9.17, 15) is 14.7 Å². The summed E-state index contributed by atoms with van der Waals surface area (Å²) in [6.45, 7) is 4.59. The van der Waals surface area contributed by atoms with Crippen LogP contribution in [0.2, 0.25) is 0 Å². The van der Waals surface area contributed by atoms with Gasteiger partial charge in [0.25, 0.3) is 5.91 Å². The summed E-state index contributed by atoms with van der Waals surface area (Å²) in [5.41, 5.74) is 1.51. The van der Waals surface area contributed by atoms with Crippen LogP contribution in [0.15, 0.2) is 24.3 Å². The van der Waals surface area contributed by atoms with Crippen molar-refractivity contribution in [3.8, 4) is 0 Å². The molecule has 1 aromatic rings. The number of carbonyl (C=O) groups excluding carboxylic acids is 1. The molecule has 0 aliphatic heterocycles. The van der Waals surface area contributed by atoms with Crippen LogP contribution in [0.1, 0.15) is 36.2 Å². The fourth-order valence-electron chi connectivity index (χ4n) is 2.11. The number of carboxylic acid groups (broad SMARTS) is 1. The van der Waals surface area contributed by atoms with Crippen LogP contribution in [0, 0.1) is 5.92 Å². The summed E-state index contributed by atoms with van der Waals surface area (Å²) >= 11 is 0. The average molecular weight is 292 g/mol. The Kier molecular flexibility index (Phi) is 6.37.